The second kappa shape index (κ2) is 8.90. The molecule has 0 saturated carbocycles. The summed E-state index contributed by atoms with van der Waals surface area (Å²) in [7, 11) is 1.60. The first kappa shape index (κ1) is 20.6. The summed E-state index contributed by atoms with van der Waals surface area (Å²) in [5.41, 5.74) is 2.18. The second-order valence-corrected chi connectivity index (χ2v) is 7.37. The molecule has 2 aromatic rings. The first-order valence-electron chi connectivity index (χ1n) is 9.88. The molecule has 6 heteroatoms. The number of hydrogen-bond acceptors (Lipinski definition) is 3. The lowest BCUT2D eigenvalue weighted by atomic mass is 9.84. The van der Waals surface area contributed by atoms with Crippen molar-refractivity contribution in [2.75, 3.05) is 20.1 Å². The Labute approximate surface area is 171 Å². The van der Waals surface area contributed by atoms with Crippen molar-refractivity contribution in [3.8, 4) is 11.1 Å². The summed E-state index contributed by atoms with van der Waals surface area (Å²) in [4.78, 5) is 38.8. The molecule has 152 valence electrons. The van der Waals surface area contributed by atoms with Gasteiger partial charge >= 0.3 is 0 Å². The number of carbonyl (C=O) groups excluding carboxylic acids is 3. The van der Waals surface area contributed by atoms with Crippen LogP contribution in [0.3, 0.4) is 0 Å². The molecule has 1 saturated heterocycles. The van der Waals surface area contributed by atoms with Crippen molar-refractivity contribution in [3.05, 3.63) is 60.2 Å². The van der Waals surface area contributed by atoms with Crippen molar-refractivity contribution in [2.45, 2.75) is 31.7 Å². The van der Waals surface area contributed by atoms with E-state index in [0.717, 1.165) is 23.1 Å². The summed E-state index contributed by atoms with van der Waals surface area (Å²) in [6, 6.07) is 18.0. The number of rotatable bonds is 6. The van der Waals surface area contributed by atoms with E-state index in [1.54, 1.807) is 11.9 Å². The van der Waals surface area contributed by atoms with Gasteiger partial charge in [0, 0.05) is 26.9 Å². The number of nitrogens with one attached hydrogen (secondary N) is 2. The molecule has 2 N–H and O–H groups in total. The Balaban J connectivity index is 1.98. The average Bonchev–Trinajstić information content (AvgIpc) is 3.17. The SMILES string of the molecule is CNC(=O)C1(Cc2ccccc2-c2ccccc2)CCCN1C(=O)CNC(C)=O. The zero-order valence-electron chi connectivity index (χ0n) is 16.9. The average molecular weight is 393 g/mol. The zero-order valence-corrected chi connectivity index (χ0v) is 16.9. The van der Waals surface area contributed by atoms with Crippen molar-refractivity contribution in [3.63, 3.8) is 0 Å². The third-order valence-corrected chi connectivity index (χ3v) is 5.51. The number of hydrogen-bond donors (Lipinski definition) is 2. The van der Waals surface area contributed by atoms with E-state index in [9.17, 15) is 14.4 Å². The lowest BCUT2D eigenvalue weighted by Gasteiger charge is -2.37. The van der Waals surface area contributed by atoms with Crippen LogP contribution in [0.25, 0.3) is 11.1 Å². The summed E-state index contributed by atoms with van der Waals surface area (Å²) in [5.74, 6) is -0.676. The molecule has 0 radical (unpaired) electrons. The molecule has 1 aliphatic rings. The van der Waals surface area contributed by atoms with Gasteiger partial charge in [0.15, 0.2) is 0 Å². The summed E-state index contributed by atoms with van der Waals surface area (Å²) in [6.07, 6.45) is 1.75. The van der Waals surface area contributed by atoms with Crippen LogP contribution in [-0.4, -0.2) is 48.3 Å². The van der Waals surface area contributed by atoms with Gasteiger partial charge in [-0.25, -0.2) is 0 Å². The third-order valence-electron chi connectivity index (χ3n) is 5.51. The Morgan fingerprint density at radius 1 is 1.03 bits per heavy atom. The standard InChI is InChI=1S/C23H27N3O3/c1-17(27)25-16-21(28)26-14-8-13-23(26,22(29)24-2)15-19-11-6-7-12-20(19)18-9-4-3-5-10-18/h3-7,9-12H,8,13-16H2,1-2H3,(H,24,29)(H,25,27). The van der Waals surface area contributed by atoms with E-state index in [0.29, 0.717) is 19.4 Å². The maximum absolute atomic E-state index is 13.0. The van der Waals surface area contributed by atoms with E-state index >= 15 is 0 Å². The lowest BCUT2D eigenvalue weighted by Crippen LogP contribution is -2.59. The van der Waals surface area contributed by atoms with Gasteiger partial charge in [-0.15, -0.1) is 0 Å². The first-order valence-corrected chi connectivity index (χ1v) is 9.88. The van der Waals surface area contributed by atoms with Crippen LogP contribution in [0.4, 0.5) is 0 Å². The van der Waals surface area contributed by atoms with E-state index in [4.69, 9.17) is 0 Å². The highest BCUT2D eigenvalue weighted by Gasteiger charge is 2.49. The summed E-state index contributed by atoms with van der Waals surface area (Å²) in [5, 5.41) is 5.31. The fraction of sp³-hybridized carbons (Fsp3) is 0.348. The van der Waals surface area contributed by atoms with E-state index < -0.39 is 5.54 Å². The van der Waals surface area contributed by atoms with Crippen LogP contribution < -0.4 is 10.6 Å². The monoisotopic (exact) mass is 393 g/mol. The van der Waals surface area contributed by atoms with Crippen LogP contribution in [0.2, 0.25) is 0 Å². The van der Waals surface area contributed by atoms with Crippen LogP contribution in [-0.2, 0) is 20.8 Å². The van der Waals surface area contributed by atoms with Crippen molar-refractivity contribution >= 4 is 17.7 Å². The number of likely N-dealkylation sites (N-methyl/N-ethyl adjacent to an activating group) is 1. The molecule has 3 rings (SSSR count). The number of benzene rings is 2. The quantitative estimate of drug-likeness (QED) is 0.789. The van der Waals surface area contributed by atoms with Gasteiger partial charge in [0.25, 0.3) is 0 Å². The van der Waals surface area contributed by atoms with Crippen LogP contribution in [0.1, 0.15) is 25.3 Å². The van der Waals surface area contributed by atoms with Crippen LogP contribution in [0.5, 0.6) is 0 Å². The molecule has 1 fully saturated rings. The smallest absolute Gasteiger partial charge is 0.246 e. The normalized spacial score (nSPS) is 18.3. The van der Waals surface area contributed by atoms with Gasteiger partial charge in [0.05, 0.1) is 6.54 Å². The van der Waals surface area contributed by atoms with Crippen molar-refractivity contribution in [2.24, 2.45) is 0 Å². The molecule has 1 atom stereocenters. The van der Waals surface area contributed by atoms with Crippen molar-refractivity contribution in [1.82, 2.24) is 15.5 Å². The Bertz CT molecular complexity index is 897. The predicted octanol–water partition coefficient (Wildman–Crippen LogP) is 2.14. The summed E-state index contributed by atoms with van der Waals surface area (Å²) in [6.45, 7) is 1.77. The number of nitrogens with zero attached hydrogens (tertiary/aromatic N) is 1. The fourth-order valence-corrected chi connectivity index (χ4v) is 4.16. The number of amides is 3. The fourth-order valence-electron chi connectivity index (χ4n) is 4.16. The zero-order chi connectivity index (χ0) is 20.9. The molecular formula is C23H27N3O3. The highest BCUT2D eigenvalue weighted by atomic mass is 16.2. The summed E-state index contributed by atoms with van der Waals surface area (Å²) < 4.78 is 0. The highest BCUT2D eigenvalue weighted by molar-refractivity contribution is 5.94. The minimum absolute atomic E-state index is 0.103. The van der Waals surface area contributed by atoms with Crippen LogP contribution in [0.15, 0.2) is 54.6 Å². The van der Waals surface area contributed by atoms with E-state index in [2.05, 4.69) is 10.6 Å². The van der Waals surface area contributed by atoms with Crippen molar-refractivity contribution in [1.29, 1.82) is 0 Å². The first-order chi connectivity index (χ1) is 14.0. The highest BCUT2D eigenvalue weighted by Crippen LogP contribution is 2.36. The van der Waals surface area contributed by atoms with Gasteiger partial charge in [0.1, 0.15) is 5.54 Å². The van der Waals surface area contributed by atoms with E-state index in [1.165, 1.54) is 6.92 Å². The lowest BCUT2D eigenvalue weighted by molar-refractivity contribution is -0.144. The van der Waals surface area contributed by atoms with Gasteiger partial charge in [-0.3, -0.25) is 14.4 Å². The largest absolute Gasteiger partial charge is 0.357 e. The molecule has 0 aromatic heterocycles. The molecule has 3 amide bonds. The molecule has 6 nitrogen and oxygen atoms in total. The van der Waals surface area contributed by atoms with Gasteiger partial charge in [-0.05, 0) is 29.5 Å². The molecule has 1 unspecified atom stereocenters. The van der Waals surface area contributed by atoms with E-state index in [1.807, 2.05) is 54.6 Å². The Hall–Kier alpha value is -3.15. The molecule has 0 aliphatic carbocycles. The molecular weight excluding hydrogens is 366 g/mol. The maximum atomic E-state index is 13.0. The maximum Gasteiger partial charge on any atom is 0.246 e. The number of likely N-dealkylation sites (tertiary alicyclic amines) is 1. The molecule has 29 heavy (non-hydrogen) atoms. The molecule has 1 heterocycles. The van der Waals surface area contributed by atoms with Crippen molar-refractivity contribution < 1.29 is 14.4 Å². The molecule has 0 spiro atoms. The molecule has 2 aromatic carbocycles. The van der Waals surface area contributed by atoms with Crippen LogP contribution in [0, 0.1) is 0 Å². The van der Waals surface area contributed by atoms with Gasteiger partial charge in [-0.1, -0.05) is 54.6 Å². The van der Waals surface area contributed by atoms with E-state index in [-0.39, 0.29) is 24.3 Å². The second-order valence-electron chi connectivity index (χ2n) is 7.37. The van der Waals surface area contributed by atoms with Gasteiger partial charge in [-0.2, -0.15) is 0 Å². The predicted molar refractivity (Wildman–Crippen MR) is 112 cm³/mol. The Morgan fingerprint density at radius 3 is 2.41 bits per heavy atom. The topological polar surface area (TPSA) is 78.5 Å². The minimum Gasteiger partial charge on any atom is -0.357 e. The molecule has 1 aliphatic heterocycles. The minimum atomic E-state index is -0.963. The third kappa shape index (κ3) is 4.31. The molecule has 0 bridgehead atoms. The van der Waals surface area contributed by atoms with Gasteiger partial charge in [0.2, 0.25) is 17.7 Å². The van der Waals surface area contributed by atoms with Crippen LogP contribution >= 0.6 is 0 Å². The Kier molecular flexibility index (Phi) is 6.32. The Morgan fingerprint density at radius 2 is 1.72 bits per heavy atom. The van der Waals surface area contributed by atoms with Gasteiger partial charge < -0.3 is 15.5 Å². The summed E-state index contributed by atoms with van der Waals surface area (Å²) >= 11 is 0. The number of carbonyl (C=O) groups is 3.